The molecule has 34 heavy (non-hydrogen) atoms. The molecule has 0 radical (unpaired) electrons. The van der Waals surface area contributed by atoms with Crippen LogP contribution in [0.5, 0.6) is 5.75 Å². The quantitative estimate of drug-likeness (QED) is 0.251. The van der Waals surface area contributed by atoms with Gasteiger partial charge in [-0.15, -0.1) is 0 Å². The zero-order valence-corrected chi connectivity index (χ0v) is 20.4. The van der Waals surface area contributed by atoms with Gasteiger partial charge in [0, 0.05) is 17.1 Å². The van der Waals surface area contributed by atoms with Crippen LogP contribution in [0.4, 0.5) is 11.4 Å². The van der Waals surface area contributed by atoms with Crippen LogP contribution in [-0.4, -0.2) is 19.0 Å². The third-order valence-corrected chi connectivity index (χ3v) is 6.37. The first-order chi connectivity index (χ1) is 16.7. The van der Waals surface area contributed by atoms with Gasteiger partial charge in [0.25, 0.3) is 0 Å². The molecule has 168 valence electrons. The van der Waals surface area contributed by atoms with Crippen LogP contribution in [0.15, 0.2) is 118 Å². The fourth-order valence-corrected chi connectivity index (χ4v) is 4.32. The van der Waals surface area contributed by atoms with E-state index in [1.165, 1.54) is 5.56 Å². The molecule has 0 saturated carbocycles. The zero-order chi connectivity index (χ0) is 23.3. The number of hydrazone groups is 1. The fraction of sp³-hybridized carbons (Fsp3) is 0.103. The van der Waals surface area contributed by atoms with Crippen LogP contribution in [-0.2, 0) is 0 Å². The lowest BCUT2D eigenvalue weighted by Gasteiger charge is -2.24. The molecule has 5 heteroatoms. The Morgan fingerprint density at radius 2 is 1.68 bits per heavy atom. The molecule has 0 amide bonds. The molecule has 1 aliphatic rings. The number of nitrogens with zero attached hydrogens (tertiary/aromatic N) is 3. The van der Waals surface area contributed by atoms with Crippen LogP contribution in [0.25, 0.3) is 0 Å². The molecule has 4 aromatic carbocycles. The van der Waals surface area contributed by atoms with Crippen LogP contribution < -0.4 is 9.75 Å². The van der Waals surface area contributed by atoms with Crippen molar-refractivity contribution in [3.63, 3.8) is 0 Å². The molecule has 1 aliphatic heterocycles. The molecular formula is C29H24BrN3O. The number of methoxy groups -OCH3 is 1. The largest absolute Gasteiger partial charge is 0.497 e. The Labute approximate surface area is 208 Å². The van der Waals surface area contributed by atoms with Gasteiger partial charge in [-0.05, 0) is 77.4 Å². The van der Waals surface area contributed by atoms with Crippen molar-refractivity contribution >= 4 is 39.2 Å². The van der Waals surface area contributed by atoms with E-state index in [9.17, 15) is 0 Å². The van der Waals surface area contributed by atoms with Crippen molar-refractivity contribution in [1.29, 1.82) is 0 Å². The van der Waals surface area contributed by atoms with Gasteiger partial charge >= 0.3 is 0 Å². The van der Waals surface area contributed by atoms with E-state index in [0.29, 0.717) is 0 Å². The van der Waals surface area contributed by atoms with Gasteiger partial charge in [-0.3, -0.25) is 10.0 Å². The van der Waals surface area contributed by atoms with Crippen molar-refractivity contribution in [2.45, 2.75) is 12.5 Å². The van der Waals surface area contributed by atoms with Crippen LogP contribution >= 0.6 is 15.9 Å². The van der Waals surface area contributed by atoms with E-state index in [2.05, 4.69) is 86.6 Å². The number of ether oxygens (including phenoxy) is 1. The average molecular weight is 510 g/mol. The van der Waals surface area contributed by atoms with Crippen molar-refractivity contribution < 1.29 is 4.74 Å². The maximum absolute atomic E-state index is 5.23. The second-order valence-corrected chi connectivity index (χ2v) is 9.00. The SMILES string of the molecule is COc1ccc(C=Nc2cccc(C3=NN(c4ccccc4)[C@H](c4ccc(Br)cc4)C3)c2)cc1. The highest BCUT2D eigenvalue weighted by Gasteiger charge is 2.29. The first-order valence-corrected chi connectivity index (χ1v) is 11.9. The highest BCUT2D eigenvalue weighted by atomic mass is 79.9. The summed E-state index contributed by atoms with van der Waals surface area (Å²) in [6.45, 7) is 0. The van der Waals surface area contributed by atoms with Gasteiger partial charge < -0.3 is 4.74 Å². The summed E-state index contributed by atoms with van der Waals surface area (Å²) in [6.07, 6.45) is 2.69. The summed E-state index contributed by atoms with van der Waals surface area (Å²) >= 11 is 3.55. The summed E-state index contributed by atoms with van der Waals surface area (Å²) in [5.74, 6) is 0.835. The average Bonchev–Trinajstić information content (AvgIpc) is 3.34. The Morgan fingerprint density at radius 3 is 2.41 bits per heavy atom. The Bertz CT molecular complexity index is 1320. The monoisotopic (exact) mass is 509 g/mol. The number of halogens is 1. The topological polar surface area (TPSA) is 37.2 Å². The Kier molecular flexibility index (Phi) is 6.54. The van der Waals surface area contributed by atoms with E-state index in [1.54, 1.807) is 7.11 Å². The first-order valence-electron chi connectivity index (χ1n) is 11.2. The summed E-state index contributed by atoms with van der Waals surface area (Å²) in [5.41, 5.74) is 6.38. The second kappa shape index (κ2) is 10.1. The van der Waals surface area contributed by atoms with Crippen molar-refractivity contribution in [3.05, 3.63) is 124 Å². The summed E-state index contributed by atoms with van der Waals surface area (Å²) in [4.78, 5) is 4.69. The van der Waals surface area contributed by atoms with E-state index >= 15 is 0 Å². The van der Waals surface area contributed by atoms with Gasteiger partial charge in [0.1, 0.15) is 5.75 Å². The fourth-order valence-electron chi connectivity index (χ4n) is 4.05. The molecule has 0 unspecified atom stereocenters. The highest BCUT2D eigenvalue weighted by Crippen LogP contribution is 2.37. The summed E-state index contributed by atoms with van der Waals surface area (Å²) < 4.78 is 6.30. The van der Waals surface area contributed by atoms with Crippen LogP contribution in [0.1, 0.15) is 29.2 Å². The standard InChI is InChI=1S/C29H24BrN3O/c1-34-27-16-10-21(11-17-27)20-31-25-7-5-6-23(18-25)28-19-29(22-12-14-24(30)15-13-22)33(32-28)26-8-3-2-4-9-26/h2-18,20,29H,19H2,1H3/t29-/m0/s1. The summed E-state index contributed by atoms with van der Waals surface area (Å²) in [6, 6.07) is 35.1. The molecule has 0 fully saturated rings. The van der Waals surface area contributed by atoms with Crippen molar-refractivity contribution in [2.24, 2.45) is 10.1 Å². The molecule has 5 rings (SSSR count). The number of anilines is 1. The van der Waals surface area contributed by atoms with Crippen LogP contribution in [0, 0.1) is 0 Å². The normalized spacial score (nSPS) is 15.5. The predicted octanol–water partition coefficient (Wildman–Crippen LogP) is 7.56. The van der Waals surface area contributed by atoms with Gasteiger partial charge in [-0.1, -0.05) is 58.4 Å². The molecule has 0 aromatic heterocycles. The number of hydrogen-bond donors (Lipinski definition) is 0. The number of aliphatic imine (C=N–C) groups is 1. The minimum Gasteiger partial charge on any atom is -0.497 e. The van der Waals surface area contributed by atoms with Crippen molar-refractivity contribution in [2.75, 3.05) is 12.1 Å². The number of hydrogen-bond acceptors (Lipinski definition) is 4. The zero-order valence-electron chi connectivity index (χ0n) is 18.8. The molecule has 0 N–H and O–H groups in total. The minimum absolute atomic E-state index is 0.136. The van der Waals surface area contributed by atoms with Gasteiger partial charge in [0.15, 0.2) is 0 Å². The molecular weight excluding hydrogens is 486 g/mol. The Morgan fingerprint density at radius 1 is 0.912 bits per heavy atom. The third-order valence-electron chi connectivity index (χ3n) is 5.84. The number of benzene rings is 4. The lowest BCUT2D eigenvalue weighted by molar-refractivity contribution is 0.415. The van der Waals surface area contributed by atoms with E-state index in [0.717, 1.165) is 44.9 Å². The highest BCUT2D eigenvalue weighted by molar-refractivity contribution is 9.10. The van der Waals surface area contributed by atoms with Gasteiger partial charge in [-0.25, -0.2) is 0 Å². The first kappa shape index (κ1) is 22.1. The van der Waals surface area contributed by atoms with Crippen molar-refractivity contribution in [3.8, 4) is 5.75 Å². The molecule has 0 aliphatic carbocycles. The maximum Gasteiger partial charge on any atom is 0.118 e. The van der Waals surface area contributed by atoms with Gasteiger partial charge in [0.05, 0.1) is 30.2 Å². The van der Waals surface area contributed by atoms with Crippen LogP contribution in [0.2, 0.25) is 0 Å². The summed E-state index contributed by atoms with van der Waals surface area (Å²) in [5, 5.41) is 7.19. The number of rotatable bonds is 6. The maximum atomic E-state index is 5.23. The van der Waals surface area contributed by atoms with Crippen LogP contribution in [0.3, 0.4) is 0 Å². The van der Waals surface area contributed by atoms with Crippen molar-refractivity contribution in [1.82, 2.24) is 0 Å². The van der Waals surface area contributed by atoms with Gasteiger partial charge in [-0.2, -0.15) is 5.10 Å². The van der Waals surface area contributed by atoms with E-state index in [1.807, 2.05) is 48.7 Å². The number of para-hydroxylation sites is 1. The Hall–Kier alpha value is -3.70. The molecule has 4 aromatic rings. The third kappa shape index (κ3) is 4.95. The van der Waals surface area contributed by atoms with Gasteiger partial charge in [0.2, 0.25) is 0 Å². The van der Waals surface area contributed by atoms with E-state index in [-0.39, 0.29) is 6.04 Å². The second-order valence-electron chi connectivity index (χ2n) is 8.08. The smallest absolute Gasteiger partial charge is 0.118 e. The molecule has 4 nitrogen and oxygen atoms in total. The predicted molar refractivity (Wildman–Crippen MR) is 144 cm³/mol. The lowest BCUT2D eigenvalue weighted by Crippen LogP contribution is -2.18. The summed E-state index contributed by atoms with van der Waals surface area (Å²) in [7, 11) is 1.67. The van der Waals surface area contributed by atoms with E-state index in [4.69, 9.17) is 9.84 Å². The molecule has 1 heterocycles. The molecule has 0 bridgehead atoms. The van der Waals surface area contributed by atoms with E-state index < -0.39 is 0 Å². The molecule has 0 spiro atoms. The Balaban J connectivity index is 1.43. The molecule has 1 atom stereocenters. The minimum atomic E-state index is 0.136. The molecule has 0 saturated heterocycles. The lowest BCUT2D eigenvalue weighted by atomic mass is 9.98.